The Hall–Kier alpha value is -3.47. The molecule has 1 fully saturated rings. The number of benzene rings is 1. The van der Waals surface area contributed by atoms with E-state index < -0.39 is 12.7 Å². The second kappa shape index (κ2) is 8.39. The zero-order valence-corrected chi connectivity index (χ0v) is 18.9. The van der Waals surface area contributed by atoms with E-state index in [9.17, 15) is 13.2 Å². The van der Waals surface area contributed by atoms with Crippen LogP contribution in [-0.4, -0.2) is 45.6 Å². The third-order valence-electron chi connectivity index (χ3n) is 5.86. The first-order valence-electron chi connectivity index (χ1n) is 10.4. The average molecular weight is 493 g/mol. The van der Waals surface area contributed by atoms with Gasteiger partial charge >= 0.3 is 12.2 Å². The fourth-order valence-electron chi connectivity index (χ4n) is 4.29. The van der Waals surface area contributed by atoms with Gasteiger partial charge in [-0.1, -0.05) is 23.7 Å². The van der Waals surface area contributed by atoms with E-state index in [4.69, 9.17) is 21.1 Å². The Labute approximate surface area is 198 Å². The van der Waals surface area contributed by atoms with Gasteiger partial charge in [-0.25, -0.2) is 9.67 Å². The molecule has 0 amide bonds. The van der Waals surface area contributed by atoms with Crippen LogP contribution in [0.15, 0.2) is 53.9 Å². The molecule has 0 saturated carbocycles. The number of methoxy groups -OCH3 is 1. The van der Waals surface area contributed by atoms with Crippen LogP contribution in [0.3, 0.4) is 0 Å². The van der Waals surface area contributed by atoms with Gasteiger partial charge in [-0.15, -0.1) is 5.10 Å². The molecule has 2 aromatic heterocycles. The number of aromatic nitrogens is 4. The SMILES string of the molecule is COc1cc(N2CC3C(C)=C2C3Nc2nc(Oc3ccccc3Cl)n(CC(F)(F)F)n2)ccn1. The van der Waals surface area contributed by atoms with Gasteiger partial charge < -0.3 is 19.7 Å². The fourth-order valence-corrected chi connectivity index (χ4v) is 4.47. The molecule has 1 N–H and O–H groups in total. The smallest absolute Gasteiger partial charge is 0.408 e. The number of fused-ring (bicyclic) bond motifs is 1. The van der Waals surface area contributed by atoms with Crippen molar-refractivity contribution in [3.8, 4) is 17.6 Å². The highest BCUT2D eigenvalue weighted by Crippen LogP contribution is 2.48. The largest absolute Gasteiger partial charge is 0.481 e. The fraction of sp³-hybridized carbons (Fsp3) is 0.318. The summed E-state index contributed by atoms with van der Waals surface area (Å²) in [5.41, 5.74) is 3.15. The van der Waals surface area contributed by atoms with Crippen LogP contribution in [0.25, 0.3) is 0 Å². The van der Waals surface area contributed by atoms with E-state index in [1.54, 1.807) is 37.6 Å². The summed E-state index contributed by atoms with van der Waals surface area (Å²) < 4.78 is 50.9. The molecule has 178 valence electrons. The van der Waals surface area contributed by atoms with Crippen LogP contribution in [0.4, 0.5) is 24.8 Å². The van der Waals surface area contributed by atoms with Crippen molar-refractivity contribution in [1.29, 1.82) is 0 Å². The minimum Gasteiger partial charge on any atom is -0.481 e. The van der Waals surface area contributed by atoms with Gasteiger partial charge in [-0.3, -0.25) is 0 Å². The zero-order chi connectivity index (χ0) is 24.0. The molecule has 2 bridgehead atoms. The summed E-state index contributed by atoms with van der Waals surface area (Å²) in [6.45, 7) is 1.41. The molecule has 34 heavy (non-hydrogen) atoms. The molecule has 2 atom stereocenters. The molecule has 1 aliphatic carbocycles. The topological polar surface area (TPSA) is 77.3 Å². The Kier molecular flexibility index (Phi) is 5.51. The average Bonchev–Trinajstić information content (AvgIpc) is 3.47. The normalized spacial score (nSPS) is 19.3. The predicted molar refractivity (Wildman–Crippen MR) is 119 cm³/mol. The van der Waals surface area contributed by atoms with Crippen molar-refractivity contribution >= 4 is 23.2 Å². The number of alkyl halides is 3. The van der Waals surface area contributed by atoms with Crippen molar-refractivity contribution in [1.82, 2.24) is 19.7 Å². The molecule has 3 aromatic rings. The highest BCUT2D eigenvalue weighted by atomic mass is 35.5. The summed E-state index contributed by atoms with van der Waals surface area (Å²) in [4.78, 5) is 10.5. The van der Waals surface area contributed by atoms with Crippen LogP contribution in [0.1, 0.15) is 6.92 Å². The summed E-state index contributed by atoms with van der Waals surface area (Å²) in [6.07, 6.45) is -2.84. The maximum Gasteiger partial charge on any atom is 0.408 e. The number of ether oxygens (including phenoxy) is 2. The van der Waals surface area contributed by atoms with Crippen LogP contribution in [0, 0.1) is 5.92 Å². The summed E-state index contributed by atoms with van der Waals surface area (Å²) >= 11 is 6.10. The number of nitrogens with zero attached hydrogens (tertiary/aromatic N) is 5. The lowest BCUT2D eigenvalue weighted by Crippen LogP contribution is -2.37. The van der Waals surface area contributed by atoms with Crippen LogP contribution < -0.4 is 19.7 Å². The number of pyridine rings is 1. The zero-order valence-electron chi connectivity index (χ0n) is 18.2. The van der Waals surface area contributed by atoms with Crippen molar-refractivity contribution in [2.75, 3.05) is 23.9 Å². The second-order valence-electron chi connectivity index (χ2n) is 7.99. The van der Waals surface area contributed by atoms with Crippen LogP contribution in [0.5, 0.6) is 17.6 Å². The van der Waals surface area contributed by atoms with Gasteiger partial charge in [-0.05, 0) is 30.7 Å². The molecule has 0 radical (unpaired) electrons. The van der Waals surface area contributed by atoms with E-state index in [0.717, 1.165) is 17.9 Å². The minimum atomic E-state index is -4.50. The molecule has 8 nitrogen and oxygen atoms in total. The number of halogens is 4. The summed E-state index contributed by atoms with van der Waals surface area (Å²) in [7, 11) is 1.55. The third kappa shape index (κ3) is 4.11. The van der Waals surface area contributed by atoms with Crippen molar-refractivity contribution < 1.29 is 22.6 Å². The summed E-state index contributed by atoms with van der Waals surface area (Å²) in [5.74, 6) is 0.891. The lowest BCUT2D eigenvalue weighted by Gasteiger charge is -2.32. The molecule has 1 saturated heterocycles. The molecule has 2 aliphatic heterocycles. The maximum absolute atomic E-state index is 13.2. The number of nitrogens with one attached hydrogen (secondary N) is 1. The number of anilines is 2. The Morgan fingerprint density at radius 1 is 1.24 bits per heavy atom. The summed E-state index contributed by atoms with van der Waals surface area (Å²) in [5, 5.41) is 7.45. The first-order valence-corrected chi connectivity index (χ1v) is 10.8. The van der Waals surface area contributed by atoms with Gasteiger partial charge in [0.15, 0.2) is 0 Å². The van der Waals surface area contributed by atoms with Crippen molar-refractivity contribution in [2.45, 2.75) is 25.7 Å². The molecule has 3 aliphatic rings. The van der Waals surface area contributed by atoms with E-state index >= 15 is 0 Å². The van der Waals surface area contributed by atoms with Gasteiger partial charge in [0.1, 0.15) is 12.3 Å². The van der Waals surface area contributed by atoms with Gasteiger partial charge in [0.05, 0.1) is 18.2 Å². The van der Waals surface area contributed by atoms with E-state index in [2.05, 4.69) is 25.3 Å². The van der Waals surface area contributed by atoms with E-state index in [1.165, 1.54) is 5.57 Å². The van der Waals surface area contributed by atoms with E-state index in [1.807, 2.05) is 19.1 Å². The van der Waals surface area contributed by atoms with Crippen molar-refractivity contribution in [2.24, 2.45) is 5.92 Å². The van der Waals surface area contributed by atoms with Gasteiger partial charge in [0, 0.05) is 36.1 Å². The molecular weight excluding hydrogens is 473 g/mol. The highest BCUT2D eigenvalue weighted by molar-refractivity contribution is 6.32. The van der Waals surface area contributed by atoms with E-state index in [0.29, 0.717) is 10.6 Å². The molecule has 1 aromatic carbocycles. The van der Waals surface area contributed by atoms with Crippen molar-refractivity contribution in [3.05, 3.63) is 58.9 Å². The minimum absolute atomic E-state index is 0.0421. The van der Waals surface area contributed by atoms with Gasteiger partial charge in [0.2, 0.25) is 11.8 Å². The predicted octanol–water partition coefficient (Wildman–Crippen LogP) is 4.89. The number of hydrogen-bond acceptors (Lipinski definition) is 7. The molecule has 12 heteroatoms. The van der Waals surface area contributed by atoms with Gasteiger partial charge in [-0.2, -0.15) is 18.2 Å². The molecule has 6 rings (SSSR count). The summed E-state index contributed by atoms with van der Waals surface area (Å²) in [6, 6.07) is 9.74. The Morgan fingerprint density at radius 3 is 2.76 bits per heavy atom. The van der Waals surface area contributed by atoms with Crippen LogP contribution in [-0.2, 0) is 6.54 Å². The maximum atomic E-state index is 13.2. The van der Waals surface area contributed by atoms with Crippen molar-refractivity contribution in [3.63, 3.8) is 0 Å². The standard InChI is InChI=1S/C22H20ClF3N6O2/c1-12-14-10-31(13-7-8-27-17(9-13)33-2)19(12)18(14)28-20-29-21(32(30-20)11-22(24,25)26)34-16-6-4-3-5-15(16)23/h3-9,14,18H,10-11H2,1-2H3,(H,28,30). The number of rotatable bonds is 7. The first-order chi connectivity index (χ1) is 16.2. The monoisotopic (exact) mass is 492 g/mol. The van der Waals surface area contributed by atoms with E-state index in [-0.39, 0.29) is 34.7 Å². The second-order valence-corrected chi connectivity index (χ2v) is 8.39. The lowest BCUT2D eigenvalue weighted by atomic mass is 9.82. The van der Waals surface area contributed by atoms with Crippen LogP contribution in [0.2, 0.25) is 5.02 Å². The highest BCUT2D eigenvalue weighted by Gasteiger charge is 2.49. The quantitative estimate of drug-likeness (QED) is 0.503. The third-order valence-corrected chi connectivity index (χ3v) is 6.17. The van der Waals surface area contributed by atoms with Gasteiger partial charge in [0.25, 0.3) is 0 Å². The molecule has 2 unspecified atom stereocenters. The first kappa shape index (κ1) is 22.3. The molecular formula is C22H20ClF3N6O2. The Morgan fingerprint density at radius 2 is 2.03 bits per heavy atom. The Bertz CT molecular complexity index is 1260. The van der Waals surface area contributed by atoms with Crippen LogP contribution >= 0.6 is 11.6 Å². The number of para-hydroxylation sites is 1. The molecule has 0 spiro atoms. The lowest BCUT2D eigenvalue weighted by molar-refractivity contribution is -0.143. The number of hydrogen-bond donors (Lipinski definition) is 1. The Balaban J connectivity index is 1.39. The molecule has 4 heterocycles.